The second-order valence-electron chi connectivity index (χ2n) is 4.64. The van der Waals surface area contributed by atoms with E-state index in [-0.39, 0.29) is 23.0 Å². The Hall–Kier alpha value is -2.56. The number of rotatable bonds is 4. The van der Waals surface area contributed by atoms with Gasteiger partial charge in [-0.15, -0.1) is 0 Å². The Labute approximate surface area is 122 Å². The largest absolute Gasteiger partial charge is 0.508 e. The maximum absolute atomic E-state index is 13.8. The van der Waals surface area contributed by atoms with Crippen molar-refractivity contribution in [2.24, 2.45) is 0 Å². The number of esters is 1. The zero-order chi connectivity index (χ0) is 15.4. The van der Waals surface area contributed by atoms with Gasteiger partial charge in [0.15, 0.2) is 0 Å². The van der Waals surface area contributed by atoms with Crippen LogP contribution in [0.3, 0.4) is 0 Å². The van der Waals surface area contributed by atoms with E-state index in [1.165, 1.54) is 25.3 Å². The highest BCUT2D eigenvalue weighted by Crippen LogP contribution is 2.24. The molecule has 1 atom stereocenters. The number of nitrogens with one attached hydrogen (secondary N) is 1. The SMILES string of the molecule is COC(=O)c1ccc(F)c(NC(C)c2ccc(O)cc2)c1. The fourth-order valence-corrected chi connectivity index (χ4v) is 1.96. The van der Waals surface area contributed by atoms with Crippen molar-refractivity contribution in [1.82, 2.24) is 0 Å². The minimum Gasteiger partial charge on any atom is -0.508 e. The molecule has 0 heterocycles. The lowest BCUT2D eigenvalue weighted by atomic mass is 10.1. The minimum absolute atomic E-state index is 0.171. The molecule has 2 N–H and O–H groups in total. The molecule has 0 aromatic heterocycles. The number of phenolic OH excluding ortho intramolecular Hbond substituents is 1. The summed E-state index contributed by atoms with van der Waals surface area (Å²) < 4.78 is 18.4. The molecule has 0 saturated carbocycles. The van der Waals surface area contributed by atoms with Crippen molar-refractivity contribution in [3.63, 3.8) is 0 Å². The molecule has 0 aliphatic heterocycles. The maximum atomic E-state index is 13.8. The van der Waals surface area contributed by atoms with Crippen molar-refractivity contribution < 1.29 is 19.0 Å². The van der Waals surface area contributed by atoms with Gasteiger partial charge < -0.3 is 15.2 Å². The van der Waals surface area contributed by atoms with Gasteiger partial charge in [0.2, 0.25) is 0 Å². The van der Waals surface area contributed by atoms with E-state index < -0.39 is 11.8 Å². The molecule has 0 aliphatic carbocycles. The molecule has 5 heteroatoms. The number of carbonyl (C=O) groups excluding carboxylic acids is 1. The Morgan fingerprint density at radius 1 is 1.24 bits per heavy atom. The summed E-state index contributed by atoms with van der Waals surface area (Å²) >= 11 is 0. The first-order valence-corrected chi connectivity index (χ1v) is 6.44. The molecule has 2 rings (SSSR count). The number of hydrogen-bond donors (Lipinski definition) is 2. The van der Waals surface area contributed by atoms with Crippen LogP contribution in [0.15, 0.2) is 42.5 Å². The topological polar surface area (TPSA) is 58.6 Å². The molecule has 0 fully saturated rings. The van der Waals surface area contributed by atoms with Crippen LogP contribution in [0.2, 0.25) is 0 Å². The second-order valence-corrected chi connectivity index (χ2v) is 4.64. The number of hydrogen-bond acceptors (Lipinski definition) is 4. The van der Waals surface area contributed by atoms with Gasteiger partial charge in [-0.2, -0.15) is 0 Å². The normalized spacial score (nSPS) is 11.8. The number of ether oxygens (including phenoxy) is 1. The van der Waals surface area contributed by atoms with Crippen LogP contribution >= 0.6 is 0 Å². The first-order chi connectivity index (χ1) is 10.0. The molecular weight excluding hydrogens is 273 g/mol. The van der Waals surface area contributed by atoms with Crippen molar-refractivity contribution in [3.05, 3.63) is 59.4 Å². The molecule has 21 heavy (non-hydrogen) atoms. The zero-order valence-corrected chi connectivity index (χ0v) is 11.8. The lowest BCUT2D eigenvalue weighted by Crippen LogP contribution is -2.09. The molecule has 0 radical (unpaired) electrons. The van der Waals surface area contributed by atoms with Crippen LogP contribution < -0.4 is 5.32 Å². The molecule has 2 aromatic carbocycles. The summed E-state index contributed by atoms with van der Waals surface area (Å²) in [5.74, 6) is -0.798. The van der Waals surface area contributed by atoms with Crippen LogP contribution in [-0.4, -0.2) is 18.2 Å². The average Bonchev–Trinajstić information content (AvgIpc) is 2.49. The van der Waals surface area contributed by atoms with Gasteiger partial charge in [0.25, 0.3) is 0 Å². The van der Waals surface area contributed by atoms with E-state index in [9.17, 15) is 14.3 Å². The monoisotopic (exact) mass is 289 g/mol. The predicted octanol–water partition coefficient (Wildman–Crippen LogP) is 3.49. The Morgan fingerprint density at radius 3 is 2.52 bits per heavy atom. The molecule has 1 unspecified atom stereocenters. The number of benzene rings is 2. The lowest BCUT2D eigenvalue weighted by Gasteiger charge is -2.17. The van der Waals surface area contributed by atoms with Crippen LogP contribution in [0.4, 0.5) is 10.1 Å². The summed E-state index contributed by atoms with van der Waals surface area (Å²) in [7, 11) is 1.28. The Balaban J connectivity index is 2.22. The van der Waals surface area contributed by atoms with Gasteiger partial charge in [0, 0.05) is 6.04 Å². The summed E-state index contributed by atoms with van der Waals surface area (Å²) in [6, 6.07) is 10.4. The van der Waals surface area contributed by atoms with Gasteiger partial charge in [-0.3, -0.25) is 0 Å². The maximum Gasteiger partial charge on any atom is 0.337 e. The minimum atomic E-state index is -0.518. The Kier molecular flexibility index (Phi) is 4.42. The van der Waals surface area contributed by atoms with E-state index in [4.69, 9.17) is 0 Å². The van der Waals surface area contributed by atoms with Crippen molar-refractivity contribution in [2.45, 2.75) is 13.0 Å². The molecule has 0 bridgehead atoms. The molecule has 2 aromatic rings. The second kappa shape index (κ2) is 6.26. The van der Waals surface area contributed by atoms with Gasteiger partial charge in [-0.05, 0) is 42.8 Å². The van der Waals surface area contributed by atoms with Crippen LogP contribution in [0, 0.1) is 5.82 Å². The molecule has 0 aliphatic rings. The van der Waals surface area contributed by atoms with Crippen LogP contribution in [0.5, 0.6) is 5.75 Å². The molecule has 0 amide bonds. The number of methoxy groups -OCH3 is 1. The third-order valence-electron chi connectivity index (χ3n) is 3.15. The Bertz CT molecular complexity index is 640. The molecular formula is C16H16FNO3. The summed E-state index contributed by atoms with van der Waals surface area (Å²) in [5.41, 5.74) is 1.38. The fraction of sp³-hybridized carbons (Fsp3) is 0.188. The number of phenols is 1. The molecule has 0 spiro atoms. The standard InChI is InChI=1S/C16H16FNO3/c1-10(11-3-6-13(19)7-4-11)18-15-9-12(16(20)21-2)5-8-14(15)17/h3-10,18-19H,1-2H3. The smallest absolute Gasteiger partial charge is 0.337 e. The van der Waals surface area contributed by atoms with E-state index in [0.717, 1.165) is 5.56 Å². The van der Waals surface area contributed by atoms with Crippen molar-refractivity contribution in [3.8, 4) is 5.75 Å². The number of halogens is 1. The van der Waals surface area contributed by atoms with Crippen molar-refractivity contribution in [1.29, 1.82) is 0 Å². The lowest BCUT2D eigenvalue weighted by molar-refractivity contribution is 0.0600. The third-order valence-corrected chi connectivity index (χ3v) is 3.15. The van der Waals surface area contributed by atoms with Gasteiger partial charge in [-0.1, -0.05) is 12.1 Å². The highest BCUT2D eigenvalue weighted by Gasteiger charge is 2.12. The van der Waals surface area contributed by atoms with E-state index in [1.807, 2.05) is 6.92 Å². The van der Waals surface area contributed by atoms with E-state index >= 15 is 0 Å². The molecule has 4 nitrogen and oxygen atoms in total. The molecule has 0 saturated heterocycles. The summed E-state index contributed by atoms with van der Waals surface area (Å²) in [6.07, 6.45) is 0. The number of anilines is 1. The van der Waals surface area contributed by atoms with Gasteiger partial charge in [0.1, 0.15) is 11.6 Å². The summed E-state index contributed by atoms with van der Waals surface area (Å²) in [4.78, 5) is 11.5. The van der Waals surface area contributed by atoms with Crippen LogP contribution in [0.25, 0.3) is 0 Å². The molecule has 110 valence electrons. The van der Waals surface area contributed by atoms with Crippen molar-refractivity contribution >= 4 is 11.7 Å². The summed E-state index contributed by atoms with van der Waals surface area (Å²) in [5, 5.41) is 12.3. The Morgan fingerprint density at radius 2 is 1.90 bits per heavy atom. The average molecular weight is 289 g/mol. The highest BCUT2D eigenvalue weighted by atomic mass is 19.1. The van der Waals surface area contributed by atoms with Crippen LogP contribution in [-0.2, 0) is 4.74 Å². The first kappa shape index (κ1) is 14.8. The predicted molar refractivity (Wildman–Crippen MR) is 77.9 cm³/mol. The van der Waals surface area contributed by atoms with Gasteiger partial charge >= 0.3 is 5.97 Å². The number of carbonyl (C=O) groups is 1. The van der Waals surface area contributed by atoms with E-state index in [0.29, 0.717) is 0 Å². The fourth-order valence-electron chi connectivity index (χ4n) is 1.96. The van der Waals surface area contributed by atoms with Crippen molar-refractivity contribution in [2.75, 3.05) is 12.4 Å². The quantitative estimate of drug-likeness (QED) is 0.846. The van der Waals surface area contributed by atoms with Gasteiger partial charge in [0.05, 0.1) is 18.4 Å². The van der Waals surface area contributed by atoms with E-state index in [1.54, 1.807) is 24.3 Å². The first-order valence-electron chi connectivity index (χ1n) is 6.44. The third kappa shape index (κ3) is 3.51. The zero-order valence-electron chi connectivity index (χ0n) is 11.8. The van der Waals surface area contributed by atoms with Gasteiger partial charge in [-0.25, -0.2) is 9.18 Å². The summed E-state index contributed by atoms with van der Waals surface area (Å²) in [6.45, 7) is 1.86. The number of aromatic hydroxyl groups is 1. The van der Waals surface area contributed by atoms with E-state index in [2.05, 4.69) is 10.1 Å². The highest BCUT2D eigenvalue weighted by molar-refractivity contribution is 5.90. The van der Waals surface area contributed by atoms with Crippen LogP contribution in [0.1, 0.15) is 28.9 Å².